The van der Waals surface area contributed by atoms with Gasteiger partial charge >= 0.3 is 5.69 Å². The van der Waals surface area contributed by atoms with Crippen LogP contribution in [0.2, 0.25) is 0 Å². The van der Waals surface area contributed by atoms with Crippen LogP contribution < -0.4 is 4.74 Å². The molecule has 0 radical (unpaired) electrons. The predicted octanol–water partition coefficient (Wildman–Crippen LogP) is 3.12. The first-order valence-corrected chi connectivity index (χ1v) is 6.99. The molecule has 7 nitrogen and oxygen atoms in total. The summed E-state index contributed by atoms with van der Waals surface area (Å²) in [6.45, 7) is 2.44. The van der Waals surface area contributed by atoms with Gasteiger partial charge in [0.15, 0.2) is 6.29 Å². The summed E-state index contributed by atoms with van der Waals surface area (Å²) in [5, 5.41) is 11.1. The van der Waals surface area contributed by atoms with Crippen LogP contribution in [0.4, 0.5) is 5.69 Å². The minimum atomic E-state index is -0.515. The van der Waals surface area contributed by atoms with E-state index in [1.165, 1.54) is 16.5 Å². The van der Waals surface area contributed by atoms with Crippen LogP contribution in [0.5, 0.6) is 5.75 Å². The fraction of sp³-hybridized carbons (Fsp3) is 0.125. The van der Waals surface area contributed by atoms with E-state index in [9.17, 15) is 14.9 Å². The minimum Gasteiger partial charge on any atom is -0.494 e. The van der Waals surface area contributed by atoms with Gasteiger partial charge in [0, 0.05) is 17.8 Å². The molecular weight excluding hydrogens is 298 g/mol. The summed E-state index contributed by atoms with van der Waals surface area (Å²) in [7, 11) is 0. The van der Waals surface area contributed by atoms with E-state index < -0.39 is 4.92 Å². The van der Waals surface area contributed by atoms with Gasteiger partial charge in [-0.3, -0.25) is 19.3 Å². The van der Waals surface area contributed by atoms with Crippen LogP contribution in [0.15, 0.2) is 42.6 Å². The largest absolute Gasteiger partial charge is 0.494 e. The molecule has 0 unspecified atom stereocenters. The van der Waals surface area contributed by atoms with E-state index in [2.05, 4.69) is 4.98 Å². The number of hydrogen-bond acceptors (Lipinski definition) is 5. The zero-order valence-electron chi connectivity index (χ0n) is 12.3. The molecule has 0 aliphatic rings. The SMILES string of the molecule is CCOc1ccc(-c2nc3c([N+](=O)[O-])cccn3c2C=O)cc1. The average Bonchev–Trinajstić information content (AvgIpc) is 2.94. The number of aromatic nitrogens is 2. The van der Waals surface area contributed by atoms with Gasteiger partial charge in [0.2, 0.25) is 5.65 Å². The normalized spacial score (nSPS) is 10.7. The average molecular weight is 311 g/mol. The molecule has 2 heterocycles. The second kappa shape index (κ2) is 5.88. The van der Waals surface area contributed by atoms with Crippen LogP contribution in [-0.2, 0) is 0 Å². The quantitative estimate of drug-likeness (QED) is 0.410. The number of imidazole rings is 1. The molecule has 0 amide bonds. The molecule has 0 bridgehead atoms. The predicted molar refractivity (Wildman–Crippen MR) is 83.8 cm³/mol. The van der Waals surface area contributed by atoms with E-state index in [4.69, 9.17) is 4.74 Å². The van der Waals surface area contributed by atoms with Crippen LogP contribution in [0.3, 0.4) is 0 Å². The third-order valence-electron chi connectivity index (χ3n) is 3.41. The smallest absolute Gasteiger partial charge is 0.312 e. The first-order valence-electron chi connectivity index (χ1n) is 6.99. The van der Waals surface area contributed by atoms with Crippen molar-refractivity contribution in [2.45, 2.75) is 6.92 Å². The van der Waals surface area contributed by atoms with Crippen molar-refractivity contribution in [2.24, 2.45) is 0 Å². The van der Waals surface area contributed by atoms with Crippen LogP contribution in [0.1, 0.15) is 17.4 Å². The third kappa shape index (κ3) is 2.52. The fourth-order valence-corrected chi connectivity index (χ4v) is 2.41. The summed E-state index contributed by atoms with van der Waals surface area (Å²) in [5.74, 6) is 0.707. The monoisotopic (exact) mass is 311 g/mol. The number of aldehydes is 1. The number of nitro groups is 1. The Balaban J connectivity index is 2.19. The van der Waals surface area contributed by atoms with E-state index >= 15 is 0 Å². The Morgan fingerprint density at radius 1 is 1.30 bits per heavy atom. The van der Waals surface area contributed by atoms with Gasteiger partial charge in [-0.2, -0.15) is 0 Å². The van der Waals surface area contributed by atoms with Crippen LogP contribution >= 0.6 is 0 Å². The number of carbonyl (C=O) groups excluding carboxylic acids is 1. The van der Waals surface area contributed by atoms with Crippen molar-refractivity contribution >= 4 is 17.6 Å². The highest BCUT2D eigenvalue weighted by atomic mass is 16.6. The van der Waals surface area contributed by atoms with Crippen LogP contribution in [-0.4, -0.2) is 27.2 Å². The van der Waals surface area contributed by atoms with Crippen molar-refractivity contribution in [3.8, 4) is 17.0 Å². The lowest BCUT2D eigenvalue weighted by molar-refractivity contribution is -0.383. The number of rotatable bonds is 5. The van der Waals surface area contributed by atoms with Crippen molar-refractivity contribution in [3.05, 3.63) is 58.4 Å². The van der Waals surface area contributed by atoms with E-state index in [1.54, 1.807) is 30.5 Å². The highest BCUT2D eigenvalue weighted by molar-refractivity contribution is 5.87. The first-order chi connectivity index (χ1) is 11.2. The number of pyridine rings is 1. The van der Waals surface area contributed by atoms with Gasteiger partial charge in [-0.1, -0.05) is 0 Å². The Hall–Kier alpha value is -3.22. The maximum absolute atomic E-state index is 11.5. The van der Waals surface area contributed by atoms with Gasteiger partial charge in [0.25, 0.3) is 0 Å². The minimum absolute atomic E-state index is 0.142. The molecule has 116 valence electrons. The number of carbonyl (C=O) groups is 1. The van der Waals surface area contributed by atoms with Crippen molar-refractivity contribution < 1.29 is 14.5 Å². The maximum Gasteiger partial charge on any atom is 0.312 e. The second-order valence-electron chi connectivity index (χ2n) is 4.77. The maximum atomic E-state index is 11.5. The Morgan fingerprint density at radius 2 is 2.04 bits per heavy atom. The van der Waals surface area contributed by atoms with Gasteiger partial charge in [0.1, 0.15) is 17.1 Å². The lowest BCUT2D eigenvalue weighted by Gasteiger charge is -2.03. The molecule has 1 aromatic carbocycles. The lowest BCUT2D eigenvalue weighted by atomic mass is 10.1. The van der Waals surface area contributed by atoms with Gasteiger partial charge < -0.3 is 4.74 Å². The summed E-state index contributed by atoms with van der Waals surface area (Å²) in [5.41, 5.74) is 1.36. The molecule has 0 saturated heterocycles. The number of fused-ring (bicyclic) bond motifs is 1. The zero-order valence-corrected chi connectivity index (χ0v) is 12.3. The molecule has 7 heteroatoms. The Kier molecular flexibility index (Phi) is 3.76. The second-order valence-corrected chi connectivity index (χ2v) is 4.77. The Bertz CT molecular complexity index is 884. The number of benzene rings is 1. The Morgan fingerprint density at radius 3 is 2.65 bits per heavy atom. The number of ether oxygens (including phenoxy) is 1. The summed E-state index contributed by atoms with van der Waals surface area (Å²) >= 11 is 0. The van der Waals surface area contributed by atoms with E-state index in [-0.39, 0.29) is 17.0 Å². The molecule has 3 aromatic rings. The molecule has 0 atom stereocenters. The van der Waals surface area contributed by atoms with Crippen molar-refractivity contribution in [1.82, 2.24) is 9.38 Å². The summed E-state index contributed by atoms with van der Waals surface area (Å²) < 4.78 is 6.81. The van der Waals surface area contributed by atoms with E-state index in [1.807, 2.05) is 6.92 Å². The van der Waals surface area contributed by atoms with E-state index in [0.29, 0.717) is 29.9 Å². The number of hydrogen-bond donors (Lipinski definition) is 0. The molecule has 2 aromatic heterocycles. The summed E-state index contributed by atoms with van der Waals surface area (Å²) in [6.07, 6.45) is 2.23. The molecule has 0 aliphatic heterocycles. The summed E-state index contributed by atoms with van der Waals surface area (Å²) in [6, 6.07) is 9.95. The third-order valence-corrected chi connectivity index (χ3v) is 3.41. The first kappa shape index (κ1) is 14.7. The standard InChI is InChI=1S/C16H13N3O4/c1-2-23-12-7-5-11(6-8-12)15-14(10-20)18-9-3-4-13(19(21)22)16(18)17-15/h3-10H,2H2,1H3. The van der Waals surface area contributed by atoms with Gasteiger partial charge in [-0.05, 0) is 37.3 Å². The molecule has 0 spiro atoms. The fourth-order valence-electron chi connectivity index (χ4n) is 2.41. The van der Waals surface area contributed by atoms with Gasteiger partial charge in [0.05, 0.1) is 11.5 Å². The van der Waals surface area contributed by atoms with Crippen LogP contribution in [0, 0.1) is 10.1 Å². The van der Waals surface area contributed by atoms with E-state index in [0.717, 1.165) is 0 Å². The molecule has 3 rings (SSSR count). The zero-order chi connectivity index (χ0) is 16.4. The van der Waals surface area contributed by atoms with Crippen molar-refractivity contribution in [1.29, 1.82) is 0 Å². The lowest BCUT2D eigenvalue weighted by Crippen LogP contribution is -1.95. The van der Waals surface area contributed by atoms with Crippen LogP contribution in [0.25, 0.3) is 16.9 Å². The van der Waals surface area contributed by atoms with Crippen molar-refractivity contribution in [3.63, 3.8) is 0 Å². The molecule has 0 aliphatic carbocycles. The topological polar surface area (TPSA) is 86.7 Å². The Labute approximate surface area is 131 Å². The molecule has 23 heavy (non-hydrogen) atoms. The van der Waals surface area contributed by atoms with Gasteiger partial charge in [-0.25, -0.2) is 4.98 Å². The molecule has 0 saturated carbocycles. The van der Waals surface area contributed by atoms with Crippen molar-refractivity contribution in [2.75, 3.05) is 6.61 Å². The molecular formula is C16H13N3O4. The number of nitrogens with zero attached hydrogens (tertiary/aromatic N) is 3. The highest BCUT2D eigenvalue weighted by Crippen LogP contribution is 2.28. The highest BCUT2D eigenvalue weighted by Gasteiger charge is 2.20. The summed E-state index contributed by atoms with van der Waals surface area (Å²) in [4.78, 5) is 26.4. The van der Waals surface area contributed by atoms with Gasteiger partial charge in [-0.15, -0.1) is 0 Å². The molecule has 0 N–H and O–H groups in total. The molecule has 0 fully saturated rings.